The fraction of sp³-hybridized carbons (Fsp3) is 0.464. The Bertz CT molecular complexity index is 1380. The molecule has 4 heterocycles. The molecule has 10 nitrogen and oxygen atoms in total. The van der Waals surface area contributed by atoms with E-state index < -0.39 is 0 Å². The fourth-order valence-corrected chi connectivity index (χ4v) is 5.73. The molecule has 0 radical (unpaired) electrons. The van der Waals surface area contributed by atoms with Crippen LogP contribution in [0.1, 0.15) is 50.1 Å². The van der Waals surface area contributed by atoms with Crippen LogP contribution in [0, 0.1) is 17.2 Å². The molecule has 3 aromatic heterocycles. The van der Waals surface area contributed by atoms with E-state index in [0.29, 0.717) is 23.4 Å². The summed E-state index contributed by atoms with van der Waals surface area (Å²) < 4.78 is 9.22. The van der Waals surface area contributed by atoms with Crippen molar-refractivity contribution in [3.63, 3.8) is 0 Å². The number of ether oxygens (including phenoxy) is 1. The van der Waals surface area contributed by atoms with Crippen molar-refractivity contribution in [3.05, 3.63) is 49.1 Å². The van der Waals surface area contributed by atoms with E-state index in [2.05, 4.69) is 33.1 Å². The van der Waals surface area contributed by atoms with Gasteiger partial charge in [-0.25, -0.2) is 4.52 Å². The van der Waals surface area contributed by atoms with Gasteiger partial charge in [0, 0.05) is 48.6 Å². The van der Waals surface area contributed by atoms with Gasteiger partial charge >= 0.3 is 0 Å². The normalized spacial score (nSPS) is 20.6. The van der Waals surface area contributed by atoms with Crippen LogP contribution in [0.15, 0.2) is 43.5 Å². The average Bonchev–Trinajstić information content (AvgIpc) is 3.60. The monoisotopic (exact) mass is 515 g/mol. The molecule has 1 aliphatic carbocycles. The van der Waals surface area contributed by atoms with E-state index in [1.54, 1.807) is 11.6 Å². The summed E-state index contributed by atoms with van der Waals surface area (Å²) in [4.78, 5) is 26.9. The van der Waals surface area contributed by atoms with E-state index in [9.17, 15) is 14.9 Å². The number of hydrogen-bond acceptors (Lipinski definition) is 7. The van der Waals surface area contributed by atoms with Crippen LogP contribution in [0.25, 0.3) is 16.6 Å². The topological polar surface area (TPSA) is 118 Å². The van der Waals surface area contributed by atoms with Crippen molar-refractivity contribution in [2.45, 2.75) is 50.6 Å². The van der Waals surface area contributed by atoms with Crippen molar-refractivity contribution in [3.8, 4) is 22.9 Å². The molecule has 38 heavy (non-hydrogen) atoms. The molecular formula is C28H33N7O3. The van der Waals surface area contributed by atoms with Gasteiger partial charge in [-0.15, -0.1) is 0 Å². The minimum absolute atomic E-state index is 0.0126. The second-order valence-corrected chi connectivity index (χ2v) is 10.2. The molecule has 0 aromatic carbocycles. The second kappa shape index (κ2) is 11.2. The Morgan fingerprint density at radius 1 is 1.18 bits per heavy atom. The predicted molar refractivity (Wildman–Crippen MR) is 141 cm³/mol. The molecule has 0 unspecified atom stereocenters. The van der Waals surface area contributed by atoms with E-state index in [0.717, 1.165) is 62.7 Å². The number of nitrogens with zero attached hydrogens (tertiary/aromatic N) is 6. The molecule has 10 heteroatoms. The largest absolute Gasteiger partial charge is 0.494 e. The molecule has 1 N–H and O–H groups in total. The van der Waals surface area contributed by atoms with Gasteiger partial charge in [0.2, 0.25) is 5.91 Å². The van der Waals surface area contributed by atoms with E-state index in [-0.39, 0.29) is 29.7 Å². The van der Waals surface area contributed by atoms with Gasteiger partial charge in [0.05, 0.1) is 32.1 Å². The summed E-state index contributed by atoms with van der Waals surface area (Å²) in [7, 11) is 1.59. The van der Waals surface area contributed by atoms with Gasteiger partial charge in [-0.1, -0.05) is 13.0 Å². The highest BCUT2D eigenvalue weighted by molar-refractivity contribution is 5.87. The number of rotatable bonds is 8. The lowest BCUT2D eigenvalue weighted by Gasteiger charge is -2.34. The SMILES string of the molecule is C=CC(=O)N[C@H]1CCC[C@@H](C(=O)CN2CCC(n3cc(-c4cc(OC)c5c(C#N)cnn5c4)cn3)CC2)C1. The number of hydrogen-bond donors (Lipinski definition) is 1. The number of fused-ring (bicyclic) bond motifs is 1. The van der Waals surface area contributed by atoms with E-state index in [4.69, 9.17) is 4.74 Å². The third kappa shape index (κ3) is 5.34. The van der Waals surface area contributed by atoms with E-state index in [1.165, 1.54) is 12.3 Å². The van der Waals surface area contributed by atoms with E-state index >= 15 is 0 Å². The number of Topliss-reactive ketones (excluding diaryl/α,β-unsaturated/α-hetero) is 1. The van der Waals surface area contributed by atoms with Crippen molar-refractivity contribution < 1.29 is 14.3 Å². The van der Waals surface area contributed by atoms with Crippen LogP contribution in [-0.2, 0) is 9.59 Å². The maximum Gasteiger partial charge on any atom is 0.243 e. The van der Waals surface area contributed by atoms with Gasteiger partial charge in [0.15, 0.2) is 0 Å². The first kappa shape index (κ1) is 25.7. The third-order valence-corrected chi connectivity index (χ3v) is 7.82. The third-order valence-electron chi connectivity index (χ3n) is 7.82. The molecule has 0 bridgehead atoms. The number of carbonyl (C=O) groups is 2. The number of piperidine rings is 1. The Labute approximate surface area is 221 Å². The Morgan fingerprint density at radius 3 is 2.74 bits per heavy atom. The molecule has 1 saturated heterocycles. The average molecular weight is 516 g/mol. The number of carbonyl (C=O) groups excluding carboxylic acids is 2. The van der Waals surface area contributed by atoms with Gasteiger partial charge in [-0.2, -0.15) is 15.5 Å². The minimum Gasteiger partial charge on any atom is -0.494 e. The van der Waals surface area contributed by atoms with Crippen LogP contribution in [0.2, 0.25) is 0 Å². The molecule has 1 saturated carbocycles. The van der Waals surface area contributed by atoms with Crippen molar-refractivity contribution in [2.24, 2.45) is 5.92 Å². The lowest BCUT2D eigenvalue weighted by atomic mass is 9.82. The van der Waals surface area contributed by atoms with Crippen LogP contribution < -0.4 is 10.1 Å². The molecule has 198 valence electrons. The van der Waals surface area contributed by atoms with Crippen LogP contribution in [-0.4, -0.2) is 68.8 Å². The maximum atomic E-state index is 13.0. The van der Waals surface area contributed by atoms with Gasteiger partial charge in [0.1, 0.15) is 28.7 Å². The van der Waals surface area contributed by atoms with Crippen LogP contribution >= 0.6 is 0 Å². The Hall–Kier alpha value is -3.97. The summed E-state index contributed by atoms with van der Waals surface area (Å²) in [5.41, 5.74) is 2.98. The first-order valence-corrected chi connectivity index (χ1v) is 13.2. The number of ketones is 1. The summed E-state index contributed by atoms with van der Waals surface area (Å²) in [6.07, 6.45) is 13.9. The van der Waals surface area contributed by atoms with Gasteiger partial charge in [0.25, 0.3) is 0 Å². The molecule has 2 fully saturated rings. The number of aromatic nitrogens is 4. The minimum atomic E-state index is -0.166. The molecular weight excluding hydrogens is 482 g/mol. The molecule has 1 aliphatic heterocycles. The lowest BCUT2D eigenvalue weighted by molar-refractivity contribution is -0.126. The molecule has 2 aliphatic rings. The van der Waals surface area contributed by atoms with Crippen LogP contribution in [0.4, 0.5) is 0 Å². The Morgan fingerprint density at radius 2 is 2.00 bits per heavy atom. The molecule has 3 aromatic rings. The summed E-state index contributed by atoms with van der Waals surface area (Å²) >= 11 is 0. The zero-order chi connectivity index (χ0) is 26.6. The smallest absolute Gasteiger partial charge is 0.243 e. The van der Waals surface area contributed by atoms with E-state index in [1.807, 2.05) is 29.3 Å². The highest BCUT2D eigenvalue weighted by atomic mass is 16.5. The van der Waals surface area contributed by atoms with Crippen LogP contribution in [0.5, 0.6) is 5.75 Å². The van der Waals surface area contributed by atoms with Crippen molar-refractivity contribution in [1.82, 2.24) is 29.6 Å². The number of amides is 1. The molecule has 0 spiro atoms. The first-order valence-electron chi connectivity index (χ1n) is 13.2. The Balaban J connectivity index is 1.18. The number of nitrogens with one attached hydrogen (secondary N) is 1. The molecule has 5 rings (SSSR count). The van der Waals surface area contributed by atoms with Crippen LogP contribution in [0.3, 0.4) is 0 Å². The quantitative estimate of drug-likeness (QED) is 0.458. The van der Waals surface area contributed by atoms with Crippen molar-refractivity contribution in [1.29, 1.82) is 5.26 Å². The fourth-order valence-electron chi connectivity index (χ4n) is 5.73. The van der Waals surface area contributed by atoms with Crippen molar-refractivity contribution >= 4 is 17.2 Å². The maximum absolute atomic E-state index is 13.0. The van der Waals surface area contributed by atoms with Gasteiger partial charge in [-0.3, -0.25) is 19.2 Å². The van der Waals surface area contributed by atoms with Gasteiger partial charge < -0.3 is 10.1 Å². The summed E-state index contributed by atoms with van der Waals surface area (Å²) in [6.45, 7) is 5.68. The lowest BCUT2D eigenvalue weighted by Crippen LogP contribution is -2.43. The Kier molecular flexibility index (Phi) is 7.56. The highest BCUT2D eigenvalue weighted by Gasteiger charge is 2.30. The molecule has 2 atom stereocenters. The number of methoxy groups -OCH3 is 1. The van der Waals surface area contributed by atoms with Gasteiger partial charge in [-0.05, 0) is 44.2 Å². The summed E-state index contributed by atoms with van der Waals surface area (Å²) in [6, 6.07) is 4.39. The first-order chi connectivity index (χ1) is 18.5. The second-order valence-electron chi connectivity index (χ2n) is 10.2. The zero-order valence-electron chi connectivity index (χ0n) is 21.7. The zero-order valence-corrected chi connectivity index (χ0v) is 21.7. The van der Waals surface area contributed by atoms with Crippen molar-refractivity contribution in [2.75, 3.05) is 26.7 Å². The predicted octanol–water partition coefficient (Wildman–Crippen LogP) is 3.15. The number of pyridine rings is 1. The number of likely N-dealkylation sites (tertiary alicyclic amines) is 1. The molecule has 1 amide bonds. The summed E-state index contributed by atoms with van der Waals surface area (Å²) in [5.74, 6) is 0.722. The standard InChI is InChI=1S/C28H33N7O3/c1-3-27(37)32-23-6-4-5-19(11-23)25(36)18-33-9-7-24(8-10-33)34-17-22(15-30-34)20-12-26(38-2)28-21(13-29)14-31-35(28)16-20/h3,12,14-17,19,23-24H,1,4-11,18H2,2H3,(H,32,37)/t19-,23+/m1/s1. The highest BCUT2D eigenvalue weighted by Crippen LogP contribution is 2.31. The summed E-state index contributed by atoms with van der Waals surface area (Å²) in [5, 5.41) is 21.2. The number of nitriles is 1.